The van der Waals surface area contributed by atoms with Gasteiger partial charge in [-0.2, -0.15) is 0 Å². The van der Waals surface area contributed by atoms with E-state index < -0.39 is 0 Å². The van der Waals surface area contributed by atoms with Crippen molar-refractivity contribution in [3.8, 4) is 0 Å². The number of para-hydroxylation sites is 2. The van der Waals surface area contributed by atoms with Gasteiger partial charge >= 0.3 is 0 Å². The SMILES string of the molecule is Clc1ccc(SCN(c2ccccc2)c2ccccc2)cc1. The summed E-state index contributed by atoms with van der Waals surface area (Å²) in [5.74, 6) is 0.843. The first-order valence-electron chi connectivity index (χ1n) is 7.09. The molecule has 0 heterocycles. The Labute approximate surface area is 140 Å². The molecule has 3 aromatic rings. The Balaban J connectivity index is 1.81. The molecule has 0 saturated heterocycles. The van der Waals surface area contributed by atoms with Crippen molar-refractivity contribution < 1.29 is 0 Å². The molecule has 0 aliphatic carbocycles. The summed E-state index contributed by atoms with van der Waals surface area (Å²) in [6.07, 6.45) is 0. The molecule has 3 heteroatoms. The average molecular weight is 326 g/mol. The Morgan fingerprint density at radius 3 is 1.68 bits per heavy atom. The molecule has 0 radical (unpaired) electrons. The summed E-state index contributed by atoms with van der Waals surface area (Å²) in [4.78, 5) is 3.51. The van der Waals surface area contributed by atoms with Gasteiger partial charge in [-0.05, 0) is 48.5 Å². The topological polar surface area (TPSA) is 3.24 Å². The van der Waals surface area contributed by atoms with Gasteiger partial charge in [-0.25, -0.2) is 0 Å². The van der Waals surface area contributed by atoms with Crippen LogP contribution in [0.3, 0.4) is 0 Å². The van der Waals surface area contributed by atoms with Crippen LogP contribution in [0.2, 0.25) is 5.02 Å². The quantitative estimate of drug-likeness (QED) is 0.404. The lowest BCUT2D eigenvalue weighted by Gasteiger charge is -2.24. The molecule has 0 aromatic heterocycles. The molecule has 0 spiro atoms. The van der Waals surface area contributed by atoms with Gasteiger partial charge < -0.3 is 4.90 Å². The Kier molecular flexibility index (Phi) is 5.04. The normalized spacial score (nSPS) is 10.4. The van der Waals surface area contributed by atoms with Crippen LogP contribution in [-0.2, 0) is 0 Å². The summed E-state index contributed by atoms with van der Waals surface area (Å²) < 4.78 is 0. The van der Waals surface area contributed by atoms with Crippen molar-refractivity contribution in [3.63, 3.8) is 0 Å². The number of nitrogens with zero attached hydrogens (tertiary/aromatic N) is 1. The molecule has 0 aliphatic rings. The predicted molar refractivity (Wildman–Crippen MR) is 97.2 cm³/mol. The minimum absolute atomic E-state index is 0.771. The standard InChI is InChI=1S/C19H16ClNS/c20-16-11-13-19(14-12-16)22-15-21(17-7-3-1-4-8-17)18-9-5-2-6-10-18/h1-14H,15H2. The smallest absolute Gasteiger partial charge is 0.0734 e. The Morgan fingerprint density at radius 1 is 0.682 bits per heavy atom. The van der Waals surface area contributed by atoms with Crippen LogP contribution < -0.4 is 4.90 Å². The molecule has 22 heavy (non-hydrogen) atoms. The fourth-order valence-electron chi connectivity index (χ4n) is 2.18. The molecule has 0 unspecified atom stereocenters. The Hall–Kier alpha value is -1.90. The van der Waals surface area contributed by atoms with E-state index in [9.17, 15) is 0 Å². The van der Waals surface area contributed by atoms with Crippen molar-refractivity contribution >= 4 is 34.7 Å². The maximum Gasteiger partial charge on any atom is 0.0734 e. The molecule has 3 aromatic carbocycles. The van der Waals surface area contributed by atoms with Crippen LogP contribution in [0.1, 0.15) is 0 Å². The van der Waals surface area contributed by atoms with Gasteiger partial charge in [0.1, 0.15) is 0 Å². The molecule has 0 bridgehead atoms. The van der Waals surface area contributed by atoms with Gasteiger partial charge in [0.05, 0.1) is 5.88 Å². The van der Waals surface area contributed by atoms with Crippen molar-refractivity contribution in [2.24, 2.45) is 0 Å². The van der Waals surface area contributed by atoms with E-state index in [-0.39, 0.29) is 0 Å². The van der Waals surface area contributed by atoms with E-state index in [1.54, 1.807) is 11.8 Å². The van der Waals surface area contributed by atoms with E-state index >= 15 is 0 Å². The number of halogens is 1. The molecule has 3 rings (SSSR count). The molecule has 0 atom stereocenters. The lowest BCUT2D eigenvalue weighted by Crippen LogP contribution is -2.15. The number of hydrogen-bond acceptors (Lipinski definition) is 2. The average Bonchev–Trinajstić information content (AvgIpc) is 2.59. The summed E-state index contributed by atoms with van der Waals surface area (Å²) in [7, 11) is 0. The van der Waals surface area contributed by atoms with Crippen LogP contribution in [-0.4, -0.2) is 5.88 Å². The van der Waals surface area contributed by atoms with Crippen LogP contribution in [0, 0.1) is 0 Å². The van der Waals surface area contributed by atoms with Crippen molar-refractivity contribution in [1.82, 2.24) is 0 Å². The second-order valence-electron chi connectivity index (χ2n) is 4.83. The van der Waals surface area contributed by atoms with Gasteiger partial charge in [-0.1, -0.05) is 48.0 Å². The van der Waals surface area contributed by atoms with Gasteiger partial charge in [0, 0.05) is 21.3 Å². The highest BCUT2D eigenvalue weighted by Crippen LogP contribution is 2.30. The lowest BCUT2D eigenvalue weighted by atomic mass is 10.2. The molecule has 0 N–H and O–H groups in total. The van der Waals surface area contributed by atoms with Crippen LogP contribution >= 0.6 is 23.4 Å². The zero-order chi connectivity index (χ0) is 15.2. The maximum atomic E-state index is 5.95. The lowest BCUT2D eigenvalue weighted by molar-refractivity contribution is 1.17. The summed E-state index contributed by atoms with van der Waals surface area (Å²) in [5, 5.41) is 0.771. The Bertz CT molecular complexity index is 659. The van der Waals surface area contributed by atoms with Crippen LogP contribution in [0.4, 0.5) is 11.4 Å². The molecular formula is C19H16ClNS. The highest BCUT2D eigenvalue weighted by Gasteiger charge is 2.09. The third kappa shape index (κ3) is 3.85. The van der Waals surface area contributed by atoms with Crippen LogP contribution in [0.5, 0.6) is 0 Å². The summed E-state index contributed by atoms with van der Waals surface area (Å²) >= 11 is 7.74. The second kappa shape index (κ2) is 7.39. The first kappa shape index (κ1) is 15.0. The van der Waals surface area contributed by atoms with Crippen molar-refractivity contribution in [1.29, 1.82) is 0 Å². The predicted octanol–water partition coefficient (Wildman–Crippen LogP) is 6.23. The minimum Gasteiger partial charge on any atom is -0.331 e. The largest absolute Gasteiger partial charge is 0.331 e. The zero-order valence-electron chi connectivity index (χ0n) is 12.0. The van der Waals surface area contributed by atoms with E-state index in [0.717, 1.165) is 10.9 Å². The molecule has 1 nitrogen and oxygen atoms in total. The number of thioether (sulfide) groups is 1. The number of benzene rings is 3. The van der Waals surface area contributed by atoms with E-state index in [1.807, 2.05) is 24.3 Å². The molecule has 0 saturated carbocycles. The van der Waals surface area contributed by atoms with Gasteiger partial charge in [-0.3, -0.25) is 0 Å². The number of hydrogen-bond donors (Lipinski definition) is 0. The monoisotopic (exact) mass is 325 g/mol. The third-order valence-electron chi connectivity index (χ3n) is 3.31. The van der Waals surface area contributed by atoms with Crippen LogP contribution in [0.25, 0.3) is 0 Å². The minimum atomic E-state index is 0.771. The summed E-state index contributed by atoms with van der Waals surface area (Å²) in [5.41, 5.74) is 2.38. The van der Waals surface area contributed by atoms with Gasteiger partial charge in [-0.15, -0.1) is 11.8 Å². The Morgan fingerprint density at radius 2 is 1.18 bits per heavy atom. The summed E-state index contributed by atoms with van der Waals surface area (Å²) in [6, 6.07) is 28.9. The molecule has 0 fully saturated rings. The van der Waals surface area contributed by atoms with Crippen LogP contribution in [0.15, 0.2) is 89.8 Å². The molecular weight excluding hydrogens is 310 g/mol. The number of anilines is 2. The van der Waals surface area contributed by atoms with Gasteiger partial charge in [0.25, 0.3) is 0 Å². The molecule has 0 aliphatic heterocycles. The fraction of sp³-hybridized carbons (Fsp3) is 0.0526. The van der Waals surface area contributed by atoms with E-state index in [2.05, 4.69) is 65.6 Å². The second-order valence-corrected chi connectivity index (χ2v) is 6.28. The van der Waals surface area contributed by atoms with Gasteiger partial charge in [0.15, 0.2) is 0 Å². The molecule has 0 amide bonds. The van der Waals surface area contributed by atoms with Crippen molar-refractivity contribution in [3.05, 3.63) is 90.0 Å². The fourth-order valence-corrected chi connectivity index (χ4v) is 3.21. The van der Waals surface area contributed by atoms with E-state index in [1.165, 1.54) is 16.3 Å². The van der Waals surface area contributed by atoms with E-state index in [4.69, 9.17) is 11.6 Å². The first-order chi connectivity index (χ1) is 10.8. The van der Waals surface area contributed by atoms with Crippen molar-refractivity contribution in [2.45, 2.75) is 4.90 Å². The third-order valence-corrected chi connectivity index (χ3v) is 4.55. The zero-order valence-corrected chi connectivity index (χ0v) is 13.6. The molecule has 110 valence electrons. The summed E-state index contributed by atoms with van der Waals surface area (Å²) in [6.45, 7) is 0. The highest BCUT2D eigenvalue weighted by molar-refractivity contribution is 7.99. The van der Waals surface area contributed by atoms with Crippen molar-refractivity contribution in [2.75, 3.05) is 10.8 Å². The maximum absolute atomic E-state index is 5.95. The van der Waals surface area contributed by atoms with Gasteiger partial charge in [0.2, 0.25) is 0 Å². The van der Waals surface area contributed by atoms with E-state index in [0.29, 0.717) is 0 Å². The number of rotatable bonds is 5. The first-order valence-corrected chi connectivity index (χ1v) is 8.45. The highest BCUT2D eigenvalue weighted by atomic mass is 35.5.